The summed E-state index contributed by atoms with van der Waals surface area (Å²) in [6, 6.07) is 10.8. The molecule has 2 atom stereocenters. The number of hydrogen-bond donors (Lipinski definition) is 2. The smallest absolute Gasteiger partial charge is 0.340 e. The van der Waals surface area contributed by atoms with Gasteiger partial charge in [-0.15, -0.1) is 0 Å². The van der Waals surface area contributed by atoms with Gasteiger partial charge in [0.2, 0.25) is 6.10 Å². The van der Waals surface area contributed by atoms with Crippen LogP contribution in [-0.2, 0) is 14.3 Å². The van der Waals surface area contributed by atoms with Crippen molar-refractivity contribution in [2.45, 2.75) is 19.1 Å². The van der Waals surface area contributed by atoms with Gasteiger partial charge in [0.25, 0.3) is 0 Å². The van der Waals surface area contributed by atoms with Crippen molar-refractivity contribution in [2.75, 3.05) is 6.61 Å². The molecule has 25 heavy (non-hydrogen) atoms. The third-order valence-electron chi connectivity index (χ3n) is 3.66. The van der Waals surface area contributed by atoms with E-state index in [2.05, 4.69) is 0 Å². The Bertz CT molecular complexity index is 794. The molecule has 2 unspecified atom stereocenters. The van der Waals surface area contributed by atoms with Gasteiger partial charge >= 0.3 is 5.97 Å². The molecule has 5 nitrogen and oxygen atoms in total. The Balaban J connectivity index is 2.48. The Kier molecular flexibility index (Phi) is 6.56. The van der Waals surface area contributed by atoms with Crippen LogP contribution in [0.1, 0.15) is 18.5 Å². The zero-order chi connectivity index (χ0) is 18.6. The van der Waals surface area contributed by atoms with Crippen LogP contribution in [0.3, 0.4) is 0 Å². The van der Waals surface area contributed by atoms with Gasteiger partial charge in [0.15, 0.2) is 5.78 Å². The van der Waals surface area contributed by atoms with Crippen molar-refractivity contribution in [1.82, 2.24) is 0 Å². The van der Waals surface area contributed by atoms with Gasteiger partial charge in [0, 0.05) is 12.2 Å². The highest BCUT2D eigenvalue weighted by atomic mass is 35.5. The predicted molar refractivity (Wildman–Crippen MR) is 96.9 cm³/mol. The van der Waals surface area contributed by atoms with E-state index in [9.17, 15) is 14.7 Å². The molecule has 2 rings (SSSR count). The Morgan fingerprint density at radius 2 is 1.76 bits per heavy atom. The van der Waals surface area contributed by atoms with Crippen LogP contribution in [0.4, 0.5) is 0 Å². The van der Waals surface area contributed by atoms with Gasteiger partial charge in [0.1, 0.15) is 0 Å². The monoisotopic (exact) mass is 381 g/mol. The molecule has 2 aromatic rings. The number of nitrogens with two attached hydrogens (primary N) is 1. The first-order valence-electron chi connectivity index (χ1n) is 7.55. The van der Waals surface area contributed by atoms with Gasteiger partial charge in [-0.25, -0.2) is 4.79 Å². The van der Waals surface area contributed by atoms with Crippen molar-refractivity contribution < 1.29 is 19.4 Å². The molecule has 3 N–H and O–H groups in total. The molecule has 0 saturated carbocycles. The number of carboxylic acid groups (broad SMARTS) is 1. The summed E-state index contributed by atoms with van der Waals surface area (Å²) in [7, 11) is 0. The Morgan fingerprint density at radius 3 is 2.40 bits per heavy atom. The third kappa shape index (κ3) is 4.19. The molecule has 0 heterocycles. The topological polar surface area (TPSA) is 89.6 Å². The zero-order valence-electron chi connectivity index (χ0n) is 13.4. The van der Waals surface area contributed by atoms with Crippen molar-refractivity contribution in [3.63, 3.8) is 0 Å². The summed E-state index contributed by atoms with van der Waals surface area (Å²) in [6.45, 7) is 1.69. The molecule has 0 aliphatic heterocycles. The number of ketones is 1. The number of aliphatic carboxylic acids is 1. The summed E-state index contributed by atoms with van der Waals surface area (Å²) in [5.74, 6) is -2.11. The van der Waals surface area contributed by atoms with Crippen LogP contribution in [0.2, 0.25) is 10.0 Å². The summed E-state index contributed by atoms with van der Waals surface area (Å²) in [5, 5.41) is 9.89. The number of benzene rings is 2. The fourth-order valence-electron chi connectivity index (χ4n) is 2.48. The highest BCUT2D eigenvalue weighted by molar-refractivity contribution is 6.43. The third-order valence-corrected chi connectivity index (χ3v) is 4.48. The van der Waals surface area contributed by atoms with E-state index in [0.29, 0.717) is 26.7 Å². The lowest BCUT2D eigenvalue weighted by Gasteiger charge is -2.20. The van der Waals surface area contributed by atoms with Crippen LogP contribution in [0.5, 0.6) is 0 Å². The number of carbonyl (C=O) groups excluding carboxylic acids is 1. The molecule has 0 spiro atoms. The van der Waals surface area contributed by atoms with Gasteiger partial charge in [-0.1, -0.05) is 59.6 Å². The maximum atomic E-state index is 12.5. The first-order chi connectivity index (χ1) is 11.9. The number of halogens is 2. The second-order valence-corrected chi connectivity index (χ2v) is 6.03. The summed E-state index contributed by atoms with van der Waals surface area (Å²) < 4.78 is 5.02. The Hall–Kier alpha value is -1.92. The van der Waals surface area contributed by atoms with Gasteiger partial charge in [-0.05, 0) is 24.1 Å². The molecule has 0 amide bonds. The Labute approximate surface area is 155 Å². The van der Waals surface area contributed by atoms with Crippen LogP contribution in [0, 0.1) is 0 Å². The number of rotatable bonds is 7. The SMILES string of the molecule is CCOC(C(=O)O)C(=O)C(N)c1ccccc1-c1cccc(Cl)c1Cl. The number of carboxylic acids is 1. The highest BCUT2D eigenvalue weighted by Gasteiger charge is 2.33. The fraction of sp³-hybridized carbons (Fsp3) is 0.222. The van der Waals surface area contributed by atoms with E-state index in [0.717, 1.165) is 0 Å². The summed E-state index contributed by atoms with van der Waals surface area (Å²) in [6.07, 6.45) is -1.62. The molecule has 0 bridgehead atoms. The molecule has 0 fully saturated rings. The van der Waals surface area contributed by atoms with Gasteiger partial charge in [0.05, 0.1) is 16.1 Å². The lowest BCUT2D eigenvalue weighted by Crippen LogP contribution is -2.39. The van der Waals surface area contributed by atoms with E-state index < -0.39 is 23.9 Å². The number of carbonyl (C=O) groups is 2. The Morgan fingerprint density at radius 1 is 1.12 bits per heavy atom. The molecule has 0 aromatic heterocycles. The summed E-state index contributed by atoms with van der Waals surface area (Å²) >= 11 is 12.3. The first-order valence-corrected chi connectivity index (χ1v) is 8.31. The molecule has 0 aliphatic rings. The molecule has 0 radical (unpaired) electrons. The second kappa shape index (κ2) is 8.45. The van der Waals surface area contributed by atoms with Crippen molar-refractivity contribution in [3.8, 4) is 11.1 Å². The molecular weight excluding hydrogens is 365 g/mol. The van der Waals surface area contributed by atoms with Gasteiger partial charge < -0.3 is 15.6 Å². The van der Waals surface area contributed by atoms with Crippen LogP contribution in [0.25, 0.3) is 11.1 Å². The maximum absolute atomic E-state index is 12.5. The number of hydrogen-bond acceptors (Lipinski definition) is 4. The first kappa shape index (κ1) is 19.4. The van der Waals surface area contributed by atoms with E-state index in [1.54, 1.807) is 49.4 Å². The van der Waals surface area contributed by atoms with Crippen LogP contribution in [-0.4, -0.2) is 29.6 Å². The number of ether oxygens (including phenoxy) is 1. The van der Waals surface area contributed by atoms with E-state index in [4.69, 9.17) is 33.7 Å². The second-order valence-electron chi connectivity index (χ2n) is 5.24. The predicted octanol–water partition coefficient (Wildman–Crippen LogP) is 3.72. The van der Waals surface area contributed by atoms with Crippen molar-refractivity contribution >= 4 is 35.0 Å². The highest BCUT2D eigenvalue weighted by Crippen LogP contribution is 2.36. The van der Waals surface area contributed by atoms with Crippen molar-refractivity contribution in [2.24, 2.45) is 5.73 Å². The molecular formula is C18H17Cl2NO4. The molecule has 2 aromatic carbocycles. The summed E-state index contributed by atoms with van der Waals surface area (Å²) in [5.41, 5.74) is 7.73. The largest absolute Gasteiger partial charge is 0.479 e. The molecule has 0 saturated heterocycles. The normalized spacial score (nSPS) is 13.3. The van der Waals surface area contributed by atoms with Gasteiger partial charge in [-0.3, -0.25) is 4.79 Å². The number of Topliss-reactive ketones (excluding diaryl/α,β-unsaturated/α-hetero) is 1. The minimum Gasteiger partial charge on any atom is -0.479 e. The van der Waals surface area contributed by atoms with Crippen LogP contribution >= 0.6 is 23.2 Å². The van der Waals surface area contributed by atoms with Crippen molar-refractivity contribution in [3.05, 3.63) is 58.1 Å². The van der Waals surface area contributed by atoms with E-state index in [-0.39, 0.29) is 6.61 Å². The minimum absolute atomic E-state index is 0.0806. The van der Waals surface area contributed by atoms with Gasteiger partial charge in [-0.2, -0.15) is 0 Å². The van der Waals surface area contributed by atoms with E-state index in [1.165, 1.54) is 0 Å². The molecule has 7 heteroatoms. The maximum Gasteiger partial charge on any atom is 0.340 e. The van der Waals surface area contributed by atoms with E-state index >= 15 is 0 Å². The molecule has 0 aliphatic carbocycles. The fourth-order valence-corrected chi connectivity index (χ4v) is 2.89. The average Bonchev–Trinajstić information content (AvgIpc) is 2.60. The lowest BCUT2D eigenvalue weighted by molar-refractivity contribution is -0.156. The lowest BCUT2D eigenvalue weighted by atomic mass is 9.91. The average molecular weight is 382 g/mol. The van der Waals surface area contributed by atoms with Crippen LogP contribution < -0.4 is 5.73 Å². The van der Waals surface area contributed by atoms with Crippen molar-refractivity contribution in [1.29, 1.82) is 0 Å². The zero-order valence-corrected chi connectivity index (χ0v) is 14.9. The summed E-state index contributed by atoms with van der Waals surface area (Å²) in [4.78, 5) is 23.8. The standard InChI is InChI=1S/C18H17Cl2NO4/c1-2-25-17(18(23)24)16(22)15(21)12-7-4-3-6-10(12)11-8-5-9-13(19)14(11)20/h3-9,15,17H,2,21H2,1H3,(H,23,24). The van der Waals surface area contributed by atoms with Crippen LogP contribution in [0.15, 0.2) is 42.5 Å². The molecule has 132 valence electrons. The minimum atomic E-state index is -1.62. The van der Waals surface area contributed by atoms with E-state index in [1.807, 2.05) is 0 Å². The quantitative estimate of drug-likeness (QED) is 0.713.